The van der Waals surface area contributed by atoms with Crippen LogP contribution in [0.5, 0.6) is 0 Å². The summed E-state index contributed by atoms with van der Waals surface area (Å²) in [5.74, 6) is 0.0790. The lowest BCUT2D eigenvalue weighted by Gasteiger charge is -2.32. The molecule has 0 aliphatic carbocycles. The molecule has 2 aromatic rings. The van der Waals surface area contributed by atoms with Gasteiger partial charge >= 0.3 is 0 Å². The van der Waals surface area contributed by atoms with Crippen LogP contribution in [0.2, 0.25) is 0 Å². The van der Waals surface area contributed by atoms with Gasteiger partial charge in [0.15, 0.2) is 0 Å². The molecule has 1 atom stereocenters. The second-order valence-corrected chi connectivity index (χ2v) is 7.62. The Morgan fingerprint density at radius 2 is 2.00 bits per heavy atom. The maximum atomic E-state index is 12.8. The van der Waals surface area contributed by atoms with Crippen molar-refractivity contribution in [3.63, 3.8) is 0 Å². The van der Waals surface area contributed by atoms with Crippen LogP contribution < -0.4 is 10.2 Å². The zero-order chi connectivity index (χ0) is 16.2. The fraction of sp³-hybridized carbons (Fsp3) is 0.176. The van der Waals surface area contributed by atoms with Crippen LogP contribution in [0.4, 0.5) is 11.4 Å². The highest BCUT2D eigenvalue weighted by Crippen LogP contribution is 2.53. The van der Waals surface area contributed by atoms with E-state index < -0.39 is 4.87 Å². The van der Waals surface area contributed by atoms with Gasteiger partial charge in [-0.05, 0) is 36.8 Å². The summed E-state index contributed by atoms with van der Waals surface area (Å²) >= 11 is 4.85. The number of benzene rings is 2. The molecule has 116 valence electrons. The van der Waals surface area contributed by atoms with Crippen LogP contribution >= 0.6 is 27.7 Å². The SMILES string of the molecule is Cc1cc(N2C(=O)CS[C@]23C(=O)Nc2ccccc23)ccc1Br. The molecule has 1 saturated heterocycles. The number of nitrogens with zero attached hydrogens (tertiary/aromatic N) is 1. The summed E-state index contributed by atoms with van der Waals surface area (Å²) in [4.78, 5) is 26.0. The Balaban J connectivity index is 1.93. The highest BCUT2D eigenvalue weighted by molar-refractivity contribution is 9.10. The van der Waals surface area contributed by atoms with E-state index >= 15 is 0 Å². The summed E-state index contributed by atoms with van der Waals surface area (Å²) in [5.41, 5.74) is 3.39. The molecule has 1 spiro atoms. The van der Waals surface area contributed by atoms with Crippen LogP contribution in [0.15, 0.2) is 46.9 Å². The summed E-state index contributed by atoms with van der Waals surface area (Å²) in [6.07, 6.45) is 0. The third-order valence-electron chi connectivity index (χ3n) is 4.22. The van der Waals surface area contributed by atoms with Crippen LogP contribution in [0.3, 0.4) is 0 Å². The predicted molar refractivity (Wildman–Crippen MR) is 95.6 cm³/mol. The first-order chi connectivity index (χ1) is 11.0. The Morgan fingerprint density at radius 3 is 2.78 bits per heavy atom. The molecular weight excluding hydrogens is 376 g/mol. The number of nitrogens with one attached hydrogen (secondary N) is 1. The number of fused-ring (bicyclic) bond motifs is 2. The second-order valence-electron chi connectivity index (χ2n) is 5.60. The van der Waals surface area contributed by atoms with E-state index in [-0.39, 0.29) is 17.6 Å². The monoisotopic (exact) mass is 388 g/mol. The second kappa shape index (κ2) is 5.11. The van der Waals surface area contributed by atoms with Crippen molar-refractivity contribution in [3.05, 3.63) is 58.1 Å². The smallest absolute Gasteiger partial charge is 0.266 e. The van der Waals surface area contributed by atoms with Crippen LogP contribution in [-0.4, -0.2) is 17.6 Å². The van der Waals surface area contributed by atoms with Crippen molar-refractivity contribution in [2.75, 3.05) is 16.0 Å². The lowest BCUT2D eigenvalue weighted by atomic mass is 10.0. The number of carbonyl (C=O) groups is 2. The molecule has 2 heterocycles. The van der Waals surface area contributed by atoms with Gasteiger partial charge in [0.25, 0.3) is 5.91 Å². The largest absolute Gasteiger partial charge is 0.323 e. The van der Waals surface area contributed by atoms with E-state index in [9.17, 15) is 9.59 Å². The molecule has 2 aliphatic rings. The Morgan fingerprint density at radius 1 is 1.22 bits per heavy atom. The molecule has 1 fully saturated rings. The average Bonchev–Trinajstić information content (AvgIpc) is 3.02. The molecule has 1 N–H and O–H groups in total. The van der Waals surface area contributed by atoms with Crippen molar-refractivity contribution in [2.24, 2.45) is 0 Å². The van der Waals surface area contributed by atoms with Crippen molar-refractivity contribution < 1.29 is 9.59 Å². The maximum Gasteiger partial charge on any atom is 0.266 e. The minimum Gasteiger partial charge on any atom is -0.323 e. The number of halogens is 1. The highest BCUT2D eigenvalue weighted by Gasteiger charge is 2.58. The van der Waals surface area contributed by atoms with E-state index in [0.29, 0.717) is 0 Å². The zero-order valence-electron chi connectivity index (χ0n) is 12.3. The van der Waals surface area contributed by atoms with Gasteiger partial charge in [-0.1, -0.05) is 34.1 Å². The first-order valence-electron chi connectivity index (χ1n) is 7.18. The summed E-state index contributed by atoms with van der Waals surface area (Å²) in [6, 6.07) is 13.3. The third kappa shape index (κ3) is 1.98. The van der Waals surface area contributed by atoms with Gasteiger partial charge < -0.3 is 5.32 Å². The molecule has 0 aromatic heterocycles. The average molecular weight is 389 g/mol. The van der Waals surface area contributed by atoms with Gasteiger partial charge in [0.05, 0.1) is 5.75 Å². The molecule has 2 amide bonds. The van der Waals surface area contributed by atoms with E-state index in [1.165, 1.54) is 11.8 Å². The molecule has 6 heteroatoms. The molecule has 0 unspecified atom stereocenters. The molecule has 0 radical (unpaired) electrons. The van der Waals surface area contributed by atoms with Gasteiger partial charge in [-0.3, -0.25) is 14.5 Å². The first-order valence-corrected chi connectivity index (χ1v) is 8.96. The van der Waals surface area contributed by atoms with E-state index in [2.05, 4.69) is 21.2 Å². The number of hydrogen-bond donors (Lipinski definition) is 1. The van der Waals surface area contributed by atoms with E-state index in [1.54, 1.807) is 4.90 Å². The van der Waals surface area contributed by atoms with Crippen molar-refractivity contribution in [2.45, 2.75) is 11.8 Å². The Kier molecular flexibility index (Phi) is 3.28. The van der Waals surface area contributed by atoms with Gasteiger partial charge in [0, 0.05) is 21.4 Å². The minimum atomic E-state index is -1.01. The van der Waals surface area contributed by atoms with Gasteiger partial charge in [0.2, 0.25) is 10.8 Å². The third-order valence-corrected chi connectivity index (χ3v) is 6.50. The quantitative estimate of drug-likeness (QED) is 0.810. The molecule has 4 rings (SSSR count). The standard InChI is InChI=1S/C17H13BrN2O2S/c1-10-8-11(6-7-13(10)18)20-15(21)9-23-17(20)12-4-2-3-5-14(12)19-16(17)22/h2-8H,9H2,1H3,(H,19,22)/t17-/m1/s1. The lowest BCUT2D eigenvalue weighted by Crippen LogP contribution is -2.47. The van der Waals surface area contributed by atoms with Crippen LogP contribution in [0, 0.1) is 6.92 Å². The number of thioether (sulfide) groups is 1. The Hall–Kier alpha value is -1.79. The van der Waals surface area contributed by atoms with E-state index in [4.69, 9.17) is 0 Å². The number of aryl methyl sites for hydroxylation is 1. The topological polar surface area (TPSA) is 49.4 Å². The predicted octanol–water partition coefficient (Wildman–Crippen LogP) is 3.64. The van der Waals surface area contributed by atoms with Crippen LogP contribution in [0.25, 0.3) is 0 Å². The van der Waals surface area contributed by atoms with Crippen LogP contribution in [0.1, 0.15) is 11.1 Å². The number of para-hydroxylation sites is 1. The van der Waals surface area contributed by atoms with Gasteiger partial charge in [0.1, 0.15) is 0 Å². The molecule has 0 bridgehead atoms. The first kappa shape index (κ1) is 14.8. The summed E-state index contributed by atoms with van der Waals surface area (Å²) in [7, 11) is 0. The lowest BCUT2D eigenvalue weighted by molar-refractivity contribution is -0.122. The molecule has 0 saturated carbocycles. The molecular formula is C17H13BrN2O2S. The minimum absolute atomic E-state index is 0.0522. The van der Waals surface area contributed by atoms with E-state index in [1.807, 2.05) is 49.4 Å². The highest BCUT2D eigenvalue weighted by atomic mass is 79.9. The fourth-order valence-electron chi connectivity index (χ4n) is 3.15. The number of rotatable bonds is 1. The van der Waals surface area contributed by atoms with Crippen molar-refractivity contribution in [1.82, 2.24) is 0 Å². The van der Waals surface area contributed by atoms with Gasteiger partial charge in [-0.2, -0.15) is 0 Å². The fourth-order valence-corrected chi connectivity index (χ4v) is 4.71. The van der Waals surface area contributed by atoms with Crippen molar-refractivity contribution in [1.29, 1.82) is 0 Å². The molecule has 23 heavy (non-hydrogen) atoms. The summed E-state index contributed by atoms with van der Waals surface area (Å²) in [5, 5.41) is 2.91. The zero-order valence-corrected chi connectivity index (χ0v) is 14.7. The van der Waals surface area contributed by atoms with Gasteiger partial charge in [-0.25, -0.2) is 0 Å². The molecule has 2 aromatic carbocycles. The van der Waals surface area contributed by atoms with E-state index in [0.717, 1.165) is 27.0 Å². The number of amides is 2. The number of hydrogen-bond acceptors (Lipinski definition) is 3. The molecule has 4 nitrogen and oxygen atoms in total. The normalized spacial score (nSPS) is 22.6. The Labute approximate surface area is 146 Å². The maximum absolute atomic E-state index is 12.8. The number of anilines is 2. The van der Waals surface area contributed by atoms with Crippen molar-refractivity contribution >= 4 is 50.9 Å². The summed E-state index contributed by atoms with van der Waals surface area (Å²) < 4.78 is 0.978. The summed E-state index contributed by atoms with van der Waals surface area (Å²) in [6.45, 7) is 1.97. The Bertz CT molecular complexity index is 854. The van der Waals surface area contributed by atoms with Crippen LogP contribution in [-0.2, 0) is 14.5 Å². The number of carbonyl (C=O) groups excluding carboxylic acids is 2. The van der Waals surface area contributed by atoms with Crippen molar-refractivity contribution in [3.8, 4) is 0 Å². The molecule has 2 aliphatic heterocycles. The van der Waals surface area contributed by atoms with Gasteiger partial charge in [-0.15, -0.1) is 11.8 Å².